The summed E-state index contributed by atoms with van der Waals surface area (Å²) in [7, 11) is 0. The summed E-state index contributed by atoms with van der Waals surface area (Å²) in [5, 5.41) is 28.9. The van der Waals surface area contributed by atoms with Gasteiger partial charge < -0.3 is 20.6 Å². The Morgan fingerprint density at radius 1 is 1.26 bits per heavy atom. The lowest BCUT2D eigenvalue weighted by atomic mass is 10.1. The number of rotatable bonds is 5. The molecule has 0 heterocycles. The maximum Gasteiger partial charge on any atom is 0.326 e. The van der Waals surface area contributed by atoms with E-state index >= 15 is 0 Å². The number of benzene rings is 1. The van der Waals surface area contributed by atoms with Gasteiger partial charge in [0.15, 0.2) is 0 Å². The molecule has 0 unspecified atom stereocenters. The smallest absolute Gasteiger partial charge is 0.326 e. The number of carboxylic acid groups (broad SMARTS) is 2. The van der Waals surface area contributed by atoms with Gasteiger partial charge in [-0.3, -0.25) is 9.59 Å². The minimum atomic E-state index is -1.57. The number of halogens is 1. The standard InChI is InChI=1S/C11H10BrNO6/c12-5-1-2-8(14)6(3-5)10(17)13-7(11(18)19)4-9(15)16/h1-3,7,14H,4H2,(H,13,17)(H,15,16)(H,18,19)/t7-/m0/s1. The van der Waals surface area contributed by atoms with E-state index in [1.807, 2.05) is 5.32 Å². The van der Waals surface area contributed by atoms with Crippen LogP contribution in [0.3, 0.4) is 0 Å². The number of phenols is 1. The lowest BCUT2D eigenvalue weighted by Crippen LogP contribution is -2.42. The molecule has 102 valence electrons. The van der Waals surface area contributed by atoms with E-state index < -0.39 is 30.3 Å². The van der Waals surface area contributed by atoms with Crippen molar-refractivity contribution >= 4 is 33.8 Å². The SMILES string of the molecule is O=C(O)C[C@H](NC(=O)c1cc(Br)ccc1O)C(=O)O. The van der Waals surface area contributed by atoms with Gasteiger partial charge in [0.1, 0.15) is 11.8 Å². The largest absolute Gasteiger partial charge is 0.507 e. The quantitative estimate of drug-likeness (QED) is 0.633. The van der Waals surface area contributed by atoms with Gasteiger partial charge in [-0.2, -0.15) is 0 Å². The summed E-state index contributed by atoms with van der Waals surface area (Å²) in [5.74, 6) is -4.02. The number of carbonyl (C=O) groups is 3. The maximum absolute atomic E-state index is 11.8. The summed E-state index contributed by atoms with van der Waals surface area (Å²) in [6.07, 6.45) is -0.754. The Labute approximate surface area is 116 Å². The fourth-order valence-corrected chi connectivity index (χ4v) is 1.66. The van der Waals surface area contributed by atoms with Crippen LogP contribution in [0.4, 0.5) is 0 Å². The highest BCUT2D eigenvalue weighted by Gasteiger charge is 2.24. The molecule has 0 aliphatic rings. The van der Waals surface area contributed by atoms with E-state index in [4.69, 9.17) is 10.2 Å². The molecule has 0 fully saturated rings. The fourth-order valence-electron chi connectivity index (χ4n) is 1.30. The van der Waals surface area contributed by atoms with Crippen LogP contribution >= 0.6 is 15.9 Å². The second kappa shape index (κ2) is 6.19. The second-order valence-electron chi connectivity index (χ2n) is 3.62. The number of carboxylic acids is 2. The molecule has 0 radical (unpaired) electrons. The first-order valence-electron chi connectivity index (χ1n) is 5.05. The van der Waals surface area contributed by atoms with Gasteiger partial charge in [-0.1, -0.05) is 15.9 Å². The molecule has 0 aliphatic heterocycles. The summed E-state index contributed by atoms with van der Waals surface area (Å²) in [6, 6.07) is 2.48. The highest BCUT2D eigenvalue weighted by molar-refractivity contribution is 9.10. The molecule has 7 nitrogen and oxygen atoms in total. The first kappa shape index (κ1) is 15.0. The maximum atomic E-state index is 11.8. The van der Waals surface area contributed by atoms with Gasteiger partial charge in [0.05, 0.1) is 12.0 Å². The summed E-state index contributed by atoms with van der Waals surface area (Å²) in [5.41, 5.74) is -0.147. The number of nitrogens with one attached hydrogen (secondary N) is 1. The van der Waals surface area contributed by atoms with E-state index in [2.05, 4.69) is 15.9 Å². The molecule has 0 aromatic heterocycles. The van der Waals surface area contributed by atoms with Crippen molar-refractivity contribution in [2.45, 2.75) is 12.5 Å². The van der Waals surface area contributed by atoms with Gasteiger partial charge in [0.25, 0.3) is 5.91 Å². The molecule has 1 aromatic rings. The topological polar surface area (TPSA) is 124 Å². The molecule has 1 rings (SSSR count). The normalized spacial score (nSPS) is 11.6. The molecule has 8 heteroatoms. The van der Waals surface area contributed by atoms with E-state index in [1.165, 1.54) is 18.2 Å². The predicted molar refractivity (Wildman–Crippen MR) is 66.9 cm³/mol. The van der Waals surface area contributed by atoms with Crippen molar-refractivity contribution in [3.8, 4) is 5.75 Å². The summed E-state index contributed by atoms with van der Waals surface area (Å²) >= 11 is 3.10. The third-order valence-electron chi connectivity index (χ3n) is 2.19. The first-order valence-corrected chi connectivity index (χ1v) is 5.84. The van der Waals surface area contributed by atoms with Crippen molar-refractivity contribution in [3.05, 3.63) is 28.2 Å². The molecular weight excluding hydrogens is 322 g/mol. The number of aromatic hydroxyl groups is 1. The van der Waals surface area contributed by atoms with Crippen LogP contribution in [0.15, 0.2) is 22.7 Å². The number of hydrogen-bond donors (Lipinski definition) is 4. The summed E-state index contributed by atoms with van der Waals surface area (Å²) in [4.78, 5) is 33.1. The molecule has 0 saturated heterocycles. The molecule has 1 amide bonds. The Morgan fingerprint density at radius 2 is 1.89 bits per heavy atom. The van der Waals surface area contributed by atoms with E-state index in [-0.39, 0.29) is 11.3 Å². The Hall–Kier alpha value is -2.09. The number of hydrogen-bond acceptors (Lipinski definition) is 4. The van der Waals surface area contributed by atoms with E-state index in [0.717, 1.165) is 0 Å². The van der Waals surface area contributed by atoms with Crippen LogP contribution in [0.25, 0.3) is 0 Å². The lowest BCUT2D eigenvalue weighted by molar-refractivity contribution is -0.145. The highest BCUT2D eigenvalue weighted by Crippen LogP contribution is 2.21. The minimum absolute atomic E-state index is 0.147. The Bertz CT molecular complexity index is 530. The molecule has 0 saturated carbocycles. The fraction of sp³-hybridized carbons (Fsp3) is 0.182. The minimum Gasteiger partial charge on any atom is -0.507 e. The zero-order valence-corrected chi connectivity index (χ0v) is 11.0. The molecule has 1 atom stereocenters. The monoisotopic (exact) mass is 331 g/mol. The third kappa shape index (κ3) is 4.25. The van der Waals surface area contributed by atoms with Gasteiger partial charge in [-0.15, -0.1) is 0 Å². The molecule has 1 aromatic carbocycles. The van der Waals surface area contributed by atoms with Crippen LogP contribution in [0.2, 0.25) is 0 Å². The molecule has 19 heavy (non-hydrogen) atoms. The molecule has 0 aliphatic carbocycles. The molecular formula is C11H10BrNO6. The van der Waals surface area contributed by atoms with E-state index in [9.17, 15) is 19.5 Å². The van der Waals surface area contributed by atoms with Crippen molar-refractivity contribution in [3.63, 3.8) is 0 Å². The zero-order valence-electron chi connectivity index (χ0n) is 9.46. The van der Waals surface area contributed by atoms with Crippen molar-refractivity contribution < 1.29 is 29.7 Å². The predicted octanol–water partition coefficient (Wildman–Crippen LogP) is 0.812. The van der Waals surface area contributed by atoms with Crippen molar-refractivity contribution in [1.82, 2.24) is 5.32 Å². The lowest BCUT2D eigenvalue weighted by Gasteiger charge is -2.13. The van der Waals surface area contributed by atoms with Gasteiger partial charge in [-0.05, 0) is 18.2 Å². The third-order valence-corrected chi connectivity index (χ3v) is 2.68. The van der Waals surface area contributed by atoms with Crippen LogP contribution in [-0.2, 0) is 9.59 Å². The Morgan fingerprint density at radius 3 is 2.42 bits per heavy atom. The number of carbonyl (C=O) groups excluding carboxylic acids is 1. The Balaban J connectivity index is 2.90. The van der Waals surface area contributed by atoms with E-state index in [1.54, 1.807) is 0 Å². The summed E-state index contributed by atoms with van der Waals surface area (Å²) in [6.45, 7) is 0. The number of phenolic OH excluding ortho intramolecular Hbond substituents is 1. The number of amides is 1. The van der Waals surface area contributed by atoms with Crippen LogP contribution in [0.1, 0.15) is 16.8 Å². The number of aliphatic carboxylic acids is 2. The average Bonchev–Trinajstić information content (AvgIpc) is 2.30. The van der Waals surface area contributed by atoms with Crippen molar-refractivity contribution in [1.29, 1.82) is 0 Å². The molecule has 0 spiro atoms. The molecule has 0 bridgehead atoms. The van der Waals surface area contributed by atoms with Gasteiger partial charge >= 0.3 is 11.9 Å². The second-order valence-corrected chi connectivity index (χ2v) is 4.54. The average molecular weight is 332 g/mol. The van der Waals surface area contributed by atoms with Crippen LogP contribution in [0.5, 0.6) is 5.75 Å². The van der Waals surface area contributed by atoms with Crippen LogP contribution < -0.4 is 5.32 Å². The highest BCUT2D eigenvalue weighted by atomic mass is 79.9. The van der Waals surface area contributed by atoms with E-state index in [0.29, 0.717) is 4.47 Å². The van der Waals surface area contributed by atoms with Gasteiger partial charge in [0.2, 0.25) is 0 Å². The van der Waals surface area contributed by atoms with Crippen molar-refractivity contribution in [2.75, 3.05) is 0 Å². The zero-order chi connectivity index (χ0) is 14.6. The van der Waals surface area contributed by atoms with Gasteiger partial charge in [0, 0.05) is 4.47 Å². The first-order chi connectivity index (χ1) is 8.81. The van der Waals surface area contributed by atoms with Crippen LogP contribution in [-0.4, -0.2) is 39.2 Å². The van der Waals surface area contributed by atoms with Gasteiger partial charge in [-0.25, -0.2) is 4.79 Å². The molecule has 4 N–H and O–H groups in total. The summed E-state index contributed by atoms with van der Waals surface area (Å²) < 4.78 is 0.514. The van der Waals surface area contributed by atoms with Crippen molar-refractivity contribution in [2.24, 2.45) is 0 Å². The Kier molecular flexibility index (Phi) is 4.87. The van der Waals surface area contributed by atoms with Crippen LogP contribution in [0, 0.1) is 0 Å².